The van der Waals surface area contributed by atoms with Gasteiger partial charge in [0.25, 0.3) is 0 Å². The Hall–Kier alpha value is -2.75. The monoisotopic (exact) mass is 325 g/mol. The molecule has 4 nitrogen and oxygen atoms in total. The summed E-state index contributed by atoms with van der Waals surface area (Å²) in [6.45, 7) is 4.42. The SMILES string of the molecule is CCOc1ccc(/C(=C/c2ccc(N(C)C)cc2)C(=O)O)cc1C. The second-order valence-corrected chi connectivity index (χ2v) is 5.76. The summed E-state index contributed by atoms with van der Waals surface area (Å²) in [5, 5.41) is 9.59. The topological polar surface area (TPSA) is 49.8 Å². The van der Waals surface area contributed by atoms with E-state index in [1.807, 2.05) is 69.2 Å². The van der Waals surface area contributed by atoms with Gasteiger partial charge in [-0.25, -0.2) is 4.79 Å². The largest absolute Gasteiger partial charge is 0.494 e. The van der Waals surface area contributed by atoms with Crippen molar-refractivity contribution in [1.82, 2.24) is 0 Å². The van der Waals surface area contributed by atoms with E-state index in [9.17, 15) is 9.90 Å². The van der Waals surface area contributed by atoms with Crippen LogP contribution < -0.4 is 9.64 Å². The first kappa shape index (κ1) is 17.6. The fourth-order valence-electron chi connectivity index (χ4n) is 2.44. The van der Waals surface area contributed by atoms with E-state index >= 15 is 0 Å². The Labute approximate surface area is 143 Å². The van der Waals surface area contributed by atoms with Crippen LogP contribution in [0.2, 0.25) is 0 Å². The number of carboxylic acid groups (broad SMARTS) is 1. The van der Waals surface area contributed by atoms with Crippen LogP contribution >= 0.6 is 0 Å². The molecule has 24 heavy (non-hydrogen) atoms. The number of carboxylic acids is 1. The molecule has 0 saturated heterocycles. The van der Waals surface area contributed by atoms with Gasteiger partial charge < -0.3 is 14.7 Å². The zero-order valence-corrected chi connectivity index (χ0v) is 14.5. The summed E-state index contributed by atoms with van der Waals surface area (Å²) >= 11 is 0. The van der Waals surface area contributed by atoms with Crippen molar-refractivity contribution in [2.24, 2.45) is 0 Å². The lowest BCUT2D eigenvalue weighted by Crippen LogP contribution is -2.08. The molecule has 0 radical (unpaired) electrons. The Morgan fingerprint density at radius 1 is 1.17 bits per heavy atom. The van der Waals surface area contributed by atoms with E-state index in [2.05, 4.69) is 0 Å². The highest BCUT2D eigenvalue weighted by Crippen LogP contribution is 2.26. The fraction of sp³-hybridized carbons (Fsp3) is 0.250. The van der Waals surface area contributed by atoms with Gasteiger partial charge in [-0.05, 0) is 60.9 Å². The summed E-state index contributed by atoms with van der Waals surface area (Å²) in [7, 11) is 3.94. The third kappa shape index (κ3) is 4.16. The lowest BCUT2D eigenvalue weighted by atomic mass is 10.0. The van der Waals surface area contributed by atoms with Crippen LogP contribution in [0.1, 0.15) is 23.6 Å². The number of aryl methyl sites for hydroxylation is 1. The highest BCUT2D eigenvalue weighted by atomic mass is 16.5. The Kier molecular flexibility index (Phi) is 5.64. The van der Waals surface area contributed by atoms with Gasteiger partial charge >= 0.3 is 5.97 Å². The third-order valence-electron chi connectivity index (χ3n) is 3.74. The average molecular weight is 325 g/mol. The van der Waals surface area contributed by atoms with Gasteiger partial charge in [0.2, 0.25) is 0 Å². The quantitative estimate of drug-likeness (QED) is 0.642. The van der Waals surface area contributed by atoms with Crippen molar-refractivity contribution in [3.05, 3.63) is 59.2 Å². The molecule has 0 unspecified atom stereocenters. The van der Waals surface area contributed by atoms with E-state index in [1.54, 1.807) is 12.1 Å². The lowest BCUT2D eigenvalue weighted by molar-refractivity contribution is -0.130. The number of benzene rings is 2. The number of nitrogens with zero attached hydrogens (tertiary/aromatic N) is 1. The van der Waals surface area contributed by atoms with Crippen molar-refractivity contribution in [3.8, 4) is 5.75 Å². The molecule has 0 aliphatic carbocycles. The van der Waals surface area contributed by atoms with Crippen LogP contribution in [-0.2, 0) is 4.79 Å². The molecule has 0 aliphatic rings. The van der Waals surface area contributed by atoms with Gasteiger partial charge in [0.1, 0.15) is 5.75 Å². The standard InChI is InChI=1S/C20H23NO3/c1-5-24-19-11-8-16(12-14(19)2)18(20(22)23)13-15-6-9-17(10-7-15)21(3)4/h6-13H,5H2,1-4H3,(H,22,23)/b18-13-. The fourth-order valence-corrected chi connectivity index (χ4v) is 2.44. The zero-order chi connectivity index (χ0) is 17.7. The number of carbonyl (C=O) groups is 1. The Morgan fingerprint density at radius 3 is 2.33 bits per heavy atom. The van der Waals surface area contributed by atoms with E-state index in [0.29, 0.717) is 12.2 Å². The molecular formula is C20H23NO3. The van der Waals surface area contributed by atoms with Gasteiger partial charge in [0, 0.05) is 19.8 Å². The van der Waals surface area contributed by atoms with Gasteiger partial charge in [0.05, 0.1) is 12.2 Å². The van der Waals surface area contributed by atoms with Crippen molar-refractivity contribution in [1.29, 1.82) is 0 Å². The molecule has 2 aromatic carbocycles. The minimum absolute atomic E-state index is 0.263. The average Bonchev–Trinajstić information content (AvgIpc) is 2.55. The second kappa shape index (κ2) is 7.68. The molecular weight excluding hydrogens is 302 g/mol. The van der Waals surface area contributed by atoms with Crippen LogP contribution in [0.3, 0.4) is 0 Å². The van der Waals surface area contributed by atoms with E-state index < -0.39 is 5.97 Å². The van der Waals surface area contributed by atoms with Crippen molar-refractivity contribution in [3.63, 3.8) is 0 Å². The molecule has 4 heteroatoms. The second-order valence-electron chi connectivity index (χ2n) is 5.76. The first-order valence-electron chi connectivity index (χ1n) is 7.88. The predicted octanol–water partition coefficient (Wildman–Crippen LogP) is 4.08. The van der Waals surface area contributed by atoms with Gasteiger partial charge in [-0.1, -0.05) is 18.2 Å². The van der Waals surface area contributed by atoms with Crippen LogP contribution in [0.15, 0.2) is 42.5 Å². The number of ether oxygens (including phenoxy) is 1. The summed E-state index contributed by atoms with van der Waals surface area (Å²) in [6, 6.07) is 13.2. The number of hydrogen-bond donors (Lipinski definition) is 1. The molecule has 2 aromatic rings. The van der Waals surface area contributed by atoms with E-state index in [0.717, 1.165) is 22.6 Å². The molecule has 1 N–H and O–H groups in total. The Morgan fingerprint density at radius 2 is 1.83 bits per heavy atom. The lowest BCUT2D eigenvalue weighted by Gasteiger charge is -2.12. The maximum absolute atomic E-state index is 11.7. The molecule has 0 spiro atoms. The molecule has 0 bridgehead atoms. The van der Waals surface area contributed by atoms with Gasteiger partial charge in [-0.3, -0.25) is 0 Å². The molecule has 0 amide bonds. The van der Waals surface area contributed by atoms with E-state index in [4.69, 9.17) is 4.74 Å². The molecule has 0 fully saturated rings. The summed E-state index contributed by atoms with van der Waals surface area (Å²) in [4.78, 5) is 13.7. The number of aliphatic carboxylic acids is 1. The minimum atomic E-state index is -0.949. The van der Waals surface area contributed by atoms with Crippen molar-refractivity contribution in [2.45, 2.75) is 13.8 Å². The number of hydrogen-bond acceptors (Lipinski definition) is 3. The highest BCUT2D eigenvalue weighted by molar-refractivity contribution is 6.20. The van der Waals surface area contributed by atoms with Gasteiger partial charge in [-0.2, -0.15) is 0 Å². The summed E-state index contributed by atoms with van der Waals surface area (Å²) < 4.78 is 5.51. The van der Waals surface area contributed by atoms with Gasteiger partial charge in [-0.15, -0.1) is 0 Å². The summed E-state index contributed by atoms with van der Waals surface area (Å²) in [5.41, 5.74) is 3.77. The minimum Gasteiger partial charge on any atom is -0.494 e. The van der Waals surface area contributed by atoms with Crippen molar-refractivity contribution < 1.29 is 14.6 Å². The number of anilines is 1. The summed E-state index contributed by atoms with van der Waals surface area (Å²) in [5.74, 6) is -0.170. The maximum atomic E-state index is 11.7. The first-order valence-corrected chi connectivity index (χ1v) is 7.88. The van der Waals surface area contributed by atoms with Crippen LogP contribution in [0, 0.1) is 6.92 Å². The van der Waals surface area contributed by atoms with Crippen LogP contribution in [0.5, 0.6) is 5.75 Å². The normalized spacial score (nSPS) is 11.2. The van der Waals surface area contributed by atoms with Crippen molar-refractivity contribution in [2.75, 3.05) is 25.6 Å². The van der Waals surface area contributed by atoms with Crippen LogP contribution in [0.4, 0.5) is 5.69 Å². The van der Waals surface area contributed by atoms with E-state index in [-0.39, 0.29) is 5.57 Å². The molecule has 2 rings (SSSR count). The summed E-state index contributed by atoms with van der Waals surface area (Å²) in [6.07, 6.45) is 1.69. The Bertz CT molecular complexity index is 746. The highest BCUT2D eigenvalue weighted by Gasteiger charge is 2.12. The van der Waals surface area contributed by atoms with E-state index in [1.165, 1.54) is 0 Å². The molecule has 0 aromatic heterocycles. The maximum Gasteiger partial charge on any atom is 0.336 e. The van der Waals surface area contributed by atoms with Crippen molar-refractivity contribution >= 4 is 23.3 Å². The molecule has 0 heterocycles. The van der Waals surface area contributed by atoms with Gasteiger partial charge in [0.15, 0.2) is 0 Å². The molecule has 126 valence electrons. The smallest absolute Gasteiger partial charge is 0.336 e. The molecule has 0 atom stereocenters. The van der Waals surface area contributed by atoms with Crippen LogP contribution in [0.25, 0.3) is 11.6 Å². The number of rotatable bonds is 6. The third-order valence-corrected chi connectivity index (χ3v) is 3.74. The zero-order valence-electron chi connectivity index (χ0n) is 14.5. The molecule has 0 aliphatic heterocycles. The predicted molar refractivity (Wildman–Crippen MR) is 98.6 cm³/mol. The first-order chi connectivity index (χ1) is 11.4. The Balaban J connectivity index is 2.38. The van der Waals surface area contributed by atoms with Crippen LogP contribution in [-0.4, -0.2) is 31.8 Å². The molecule has 0 saturated carbocycles.